The zero-order valence-electron chi connectivity index (χ0n) is 17.4. The molecule has 2 aromatic rings. The summed E-state index contributed by atoms with van der Waals surface area (Å²) in [4.78, 5) is 12.2. The molecular formula is C22H29NO6. The van der Waals surface area contributed by atoms with Gasteiger partial charge in [-0.1, -0.05) is 12.1 Å². The van der Waals surface area contributed by atoms with Crippen LogP contribution in [0.3, 0.4) is 0 Å². The van der Waals surface area contributed by atoms with E-state index < -0.39 is 0 Å². The first-order valence-electron chi connectivity index (χ1n) is 9.53. The van der Waals surface area contributed by atoms with E-state index in [4.69, 9.17) is 23.7 Å². The standard InChI is InChI=1S/C22H29NO6/c1-5-28-17-9-6-7-10-18(17)29-12-8-11-22(24)23-15-16-13-20(26-3)21(27-4)14-19(16)25-2/h6-7,9-10,13-14H,5,8,11-12,15H2,1-4H3,(H,23,24). The average molecular weight is 403 g/mol. The summed E-state index contributed by atoms with van der Waals surface area (Å²) in [6.45, 7) is 3.25. The van der Waals surface area contributed by atoms with Gasteiger partial charge in [0.05, 0.1) is 34.5 Å². The summed E-state index contributed by atoms with van der Waals surface area (Å²) in [6, 6.07) is 11.0. The molecule has 0 aliphatic rings. The number of amides is 1. The number of rotatable bonds is 12. The van der Waals surface area contributed by atoms with E-state index in [2.05, 4.69) is 5.32 Å². The Bertz CT molecular complexity index is 793. The van der Waals surface area contributed by atoms with Crippen LogP contribution in [0.5, 0.6) is 28.7 Å². The molecule has 0 spiro atoms. The van der Waals surface area contributed by atoms with Gasteiger partial charge in [0.25, 0.3) is 0 Å². The Morgan fingerprint density at radius 2 is 1.48 bits per heavy atom. The molecular weight excluding hydrogens is 374 g/mol. The predicted molar refractivity (Wildman–Crippen MR) is 110 cm³/mol. The number of carbonyl (C=O) groups excluding carboxylic acids is 1. The second kappa shape index (κ2) is 11.7. The highest BCUT2D eigenvalue weighted by Gasteiger charge is 2.13. The fourth-order valence-electron chi connectivity index (χ4n) is 2.77. The molecule has 0 saturated carbocycles. The smallest absolute Gasteiger partial charge is 0.220 e. The lowest BCUT2D eigenvalue weighted by Crippen LogP contribution is -2.23. The molecule has 158 valence electrons. The van der Waals surface area contributed by atoms with E-state index in [-0.39, 0.29) is 5.91 Å². The van der Waals surface area contributed by atoms with Crippen LogP contribution in [0.2, 0.25) is 0 Å². The highest BCUT2D eigenvalue weighted by molar-refractivity contribution is 5.76. The molecule has 0 atom stereocenters. The van der Waals surface area contributed by atoms with Crippen molar-refractivity contribution < 1.29 is 28.5 Å². The lowest BCUT2D eigenvalue weighted by Gasteiger charge is -2.15. The zero-order valence-corrected chi connectivity index (χ0v) is 17.4. The van der Waals surface area contributed by atoms with Crippen molar-refractivity contribution in [1.29, 1.82) is 0 Å². The van der Waals surface area contributed by atoms with Gasteiger partial charge < -0.3 is 29.0 Å². The minimum Gasteiger partial charge on any atom is -0.496 e. The fourth-order valence-corrected chi connectivity index (χ4v) is 2.77. The highest BCUT2D eigenvalue weighted by atomic mass is 16.5. The maximum Gasteiger partial charge on any atom is 0.220 e. The average Bonchev–Trinajstić information content (AvgIpc) is 2.75. The number of hydrogen-bond donors (Lipinski definition) is 1. The monoisotopic (exact) mass is 403 g/mol. The van der Waals surface area contributed by atoms with Crippen LogP contribution in [0.15, 0.2) is 36.4 Å². The zero-order chi connectivity index (χ0) is 21.1. The van der Waals surface area contributed by atoms with Gasteiger partial charge >= 0.3 is 0 Å². The van der Waals surface area contributed by atoms with E-state index in [0.717, 1.165) is 5.56 Å². The number of benzene rings is 2. The highest BCUT2D eigenvalue weighted by Crippen LogP contribution is 2.34. The minimum atomic E-state index is -0.0662. The largest absolute Gasteiger partial charge is 0.496 e. The Balaban J connectivity index is 1.82. The van der Waals surface area contributed by atoms with E-state index in [1.165, 1.54) is 0 Å². The van der Waals surface area contributed by atoms with Crippen LogP contribution in [-0.4, -0.2) is 40.5 Å². The van der Waals surface area contributed by atoms with E-state index in [1.54, 1.807) is 33.5 Å². The SMILES string of the molecule is CCOc1ccccc1OCCCC(=O)NCc1cc(OC)c(OC)cc1OC. The quantitative estimate of drug-likeness (QED) is 0.546. The summed E-state index contributed by atoms with van der Waals surface area (Å²) >= 11 is 0. The van der Waals surface area contributed by atoms with Crippen molar-refractivity contribution in [2.45, 2.75) is 26.3 Å². The number of para-hydroxylation sites is 2. The molecule has 2 rings (SSSR count). The minimum absolute atomic E-state index is 0.0662. The maximum absolute atomic E-state index is 12.2. The second-order valence-corrected chi connectivity index (χ2v) is 6.13. The van der Waals surface area contributed by atoms with Crippen LogP contribution >= 0.6 is 0 Å². The van der Waals surface area contributed by atoms with Crippen molar-refractivity contribution >= 4 is 5.91 Å². The summed E-state index contributed by atoms with van der Waals surface area (Å²) < 4.78 is 27.2. The number of methoxy groups -OCH3 is 3. The van der Waals surface area contributed by atoms with Crippen molar-refractivity contribution in [2.24, 2.45) is 0 Å². The molecule has 0 heterocycles. The third kappa shape index (κ3) is 6.48. The van der Waals surface area contributed by atoms with Crippen molar-refractivity contribution in [3.8, 4) is 28.7 Å². The van der Waals surface area contributed by atoms with E-state index in [1.807, 2.05) is 31.2 Å². The molecule has 0 unspecified atom stereocenters. The summed E-state index contributed by atoms with van der Waals surface area (Å²) in [5, 5.41) is 2.90. The Morgan fingerprint density at radius 3 is 2.10 bits per heavy atom. The molecule has 0 radical (unpaired) electrons. The molecule has 0 saturated heterocycles. The Labute approximate surface area is 171 Å². The molecule has 2 aromatic carbocycles. The fraction of sp³-hybridized carbons (Fsp3) is 0.409. The van der Waals surface area contributed by atoms with Gasteiger partial charge in [0.15, 0.2) is 23.0 Å². The van der Waals surface area contributed by atoms with E-state index in [9.17, 15) is 4.79 Å². The van der Waals surface area contributed by atoms with Gasteiger partial charge in [-0.3, -0.25) is 4.79 Å². The lowest BCUT2D eigenvalue weighted by atomic mass is 10.1. The molecule has 7 heteroatoms. The molecule has 0 fully saturated rings. The van der Waals surface area contributed by atoms with Crippen LogP contribution in [0.4, 0.5) is 0 Å². The Morgan fingerprint density at radius 1 is 0.862 bits per heavy atom. The maximum atomic E-state index is 12.2. The molecule has 7 nitrogen and oxygen atoms in total. The molecule has 0 bridgehead atoms. The van der Waals surface area contributed by atoms with Gasteiger partial charge in [0.1, 0.15) is 5.75 Å². The van der Waals surface area contributed by atoms with Gasteiger partial charge in [-0.25, -0.2) is 0 Å². The van der Waals surface area contributed by atoms with Crippen molar-refractivity contribution in [3.05, 3.63) is 42.0 Å². The van der Waals surface area contributed by atoms with Crippen LogP contribution in [0, 0.1) is 0 Å². The number of hydrogen-bond acceptors (Lipinski definition) is 6. The first-order valence-corrected chi connectivity index (χ1v) is 9.53. The van der Waals surface area contributed by atoms with E-state index >= 15 is 0 Å². The van der Waals surface area contributed by atoms with Crippen LogP contribution < -0.4 is 29.0 Å². The molecule has 0 aliphatic heterocycles. The van der Waals surface area contributed by atoms with Gasteiger partial charge in [-0.15, -0.1) is 0 Å². The number of ether oxygens (including phenoxy) is 5. The van der Waals surface area contributed by atoms with Crippen LogP contribution in [-0.2, 0) is 11.3 Å². The Hall–Kier alpha value is -3.09. The molecule has 0 aliphatic carbocycles. The van der Waals surface area contributed by atoms with Crippen LogP contribution in [0.1, 0.15) is 25.3 Å². The number of carbonyl (C=O) groups is 1. The first-order chi connectivity index (χ1) is 14.1. The number of nitrogens with one attached hydrogen (secondary N) is 1. The normalized spacial score (nSPS) is 10.2. The summed E-state index contributed by atoms with van der Waals surface area (Å²) in [5.41, 5.74) is 0.806. The lowest BCUT2D eigenvalue weighted by molar-refractivity contribution is -0.121. The van der Waals surface area contributed by atoms with E-state index in [0.29, 0.717) is 61.3 Å². The molecule has 29 heavy (non-hydrogen) atoms. The van der Waals surface area contributed by atoms with Gasteiger partial charge in [-0.2, -0.15) is 0 Å². The summed E-state index contributed by atoms with van der Waals surface area (Å²) in [7, 11) is 4.70. The van der Waals surface area contributed by atoms with Crippen LogP contribution in [0.25, 0.3) is 0 Å². The van der Waals surface area contributed by atoms with Crippen molar-refractivity contribution in [3.63, 3.8) is 0 Å². The topological polar surface area (TPSA) is 75.3 Å². The first kappa shape index (κ1) is 22.2. The third-order valence-corrected chi connectivity index (χ3v) is 4.22. The van der Waals surface area contributed by atoms with Gasteiger partial charge in [-0.05, 0) is 31.5 Å². The third-order valence-electron chi connectivity index (χ3n) is 4.22. The Kier molecular flexibility index (Phi) is 8.95. The molecule has 1 amide bonds. The van der Waals surface area contributed by atoms with Gasteiger partial charge in [0.2, 0.25) is 5.91 Å². The molecule has 0 aromatic heterocycles. The summed E-state index contributed by atoms with van der Waals surface area (Å²) in [6.07, 6.45) is 0.946. The van der Waals surface area contributed by atoms with Gasteiger partial charge in [0, 0.05) is 24.6 Å². The second-order valence-electron chi connectivity index (χ2n) is 6.13. The molecule has 1 N–H and O–H groups in total. The summed E-state index contributed by atoms with van der Waals surface area (Å²) in [5.74, 6) is 3.11. The van der Waals surface area contributed by atoms with Crippen molar-refractivity contribution in [1.82, 2.24) is 5.32 Å². The van der Waals surface area contributed by atoms with Crippen molar-refractivity contribution in [2.75, 3.05) is 34.5 Å². The predicted octanol–water partition coefficient (Wildman–Crippen LogP) is 3.59.